The summed E-state index contributed by atoms with van der Waals surface area (Å²) in [5.41, 5.74) is 2.64. The van der Waals surface area contributed by atoms with Crippen LogP contribution in [0, 0.1) is 36.5 Å². The minimum atomic E-state index is -0.508. The molecule has 0 atom stereocenters. The first-order chi connectivity index (χ1) is 12.9. The van der Waals surface area contributed by atoms with Crippen LogP contribution >= 0.6 is 11.3 Å². The monoisotopic (exact) mass is 378 g/mol. The van der Waals surface area contributed by atoms with Gasteiger partial charge in [0.05, 0.1) is 17.7 Å². The number of hydrogen-bond donors (Lipinski definition) is 0. The molecule has 0 amide bonds. The molecule has 0 aliphatic rings. The van der Waals surface area contributed by atoms with Crippen molar-refractivity contribution in [2.45, 2.75) is 27.2 Å². The van der Waals surface area contributed by atoms with Crippen LogP contribution in [0.1, 0.15) is 43.7 Å². The Morgan fingerprint density at radius 2 is 1.85 bits per heavy atom. The molecule has 0 saturated heterocycles. The minimum absolute atomic E-state index is 0.00600. The van der Waals surface area contributed by atoms with Crippen LogP contribution in [-0.2, 0) is 16.0 Å². The van der Waals surface area contributed by atoms with Crippen LogP contribution in [0.4, 0.5) is 0 Å². The predicted octanol–water partition coefficient (Wildman–Crippen LogP) is 4.13. The van der Waals surface area contributed by atoms with Crippen molar-refractivity contribution < 1.29 is 14.3 Å². The fraction of sp³-hybridized carbons (Fsp3) is 0.238. The molecule has 0 fully saturated rings. The lowest BCUT2D eigenvalue weighted by Crippen LogP contribution is -2.05. The average molecular weight is 378 g/mol. The lowest BCUT2D eigenvalue weighted by Gasteiger charge is -2.00. The Morgan fingerprint density at radius 1 is 1.19 bits per heavy atom. The highest BCUT2D eigenvalue weighted by molar-refractivity contribution is 7.14. The zero-order chi connectivity index (χ0) is 20.0. The molecule has 0 bridgehead atoms. The SMILES string of the molecule is CCOC(=O)c1sc(CC(=O)C(C#N)=Cc2ccc(C)cc2)c(C#N)c1C. The molecular weight excluding hydrogens is 360 g/mol. The third kappa shape index (κ3) is 4.69. The van der Waals surface area contributed by atoms with Crippen LogP contribution in [0.2, 0.25) is 0 Å². The Labute approximate surface area is 162 Å². The number of hydrogen-bond acceptors (Lipinski definition) is 6. The van der Waals surface area contributed by atoms with Gasteiger partial charge in [0.2, 0.25) is 0 Å². The summed E-state index contributed by atoms with van der Waals surface area (Å²) in [7, 11) is 0. The summed E-state index contributed by atoms with van der Waals surface area (Å²) in [5.74, 6) is -0.905. The number of rotatable bonds is 6. The molecule has 0 aliphatic heterocycles. The van der Waals surface area contributed by atoms with Gasteiger partial charge < -0.3 is 4.74 Å². The van der Waals surface area contributed by atoms with E-state index in [9.17, 15) is 20.1 Å². The van der Waals surface area contributed by atoms with Crippen molar-refractivity contribution in [3.63, 3.8) is 0 Å². The highest BCUT2D eigenvalue weighted by atomic mass is 32.1. The number of nitriles is 2. The predicted molar refractivity (Wildman–Crippen MR) is 103 cm³/mol. The standard InChI is InChI=1S/C21H18N2O3S/c1-4-26-21(25)20-14(3)17(12-23)19(27-20)10-18(24)16(11-22)9-15-7-5-13(2)6-8-15/h5-9H,4,10H2,1-3H3. The Kier molecular flexibility index (Phi) is 6.65. The second kappa shape index (κ2) is 8.93. The number of benzene rings is 1. The molecule has 0 N–H and O–H groups in total. The number of esters is 1. The Bertz CT molecular complexity index is 986. The second-order valence-corrected chi connectivity index (χ2v) is 6.97. The van der Waals surface area contributed by atoms with Gasteiger partial charge in [-0.05, 0) is 38.0 Å². The number of aryl methyl sites for hydroxylation is 1. The fourth-order valence-electron chi connectivity index (χ4n) is 2.48. The molecule has 1 aromatic carbocycles. The van der Waals surface area contributed by atoms with E-state index in [1.807, 2.05) is 43.3 Å². The van der Waals surface area contributed by atoms with Gasteiger partial charge >= 0.3 is 5.97 Å². The first-order valence-corrected chi connectivity index (χ1v) is 9.14. The quantitative estimate of drug-likeness (QED) is 0.428. The first kappa shape index (κ1) is 20.1. The summed E-state index contributed by atoms with van der Waals surface area (Å²) in [5, 5.41) is 18.8. The van der Waals surface area contributed by atoms with E-state index in [0.29, 0.717) is 20.9 Å². The lowest BCUT2D eigenvalue weighted by atomic mass is 10.0. The average Bonchev–Trinajstić information content (AvgIpc) is 2.96. The maximum absolute atomic E-state index is 12.6. The largest absolute Gasteiger partial charge is 0.462 e. The van der Waals surface area contributed by atoms with Crippen LogP contribution in [0.3, 0.4) is 0 Å². The van der Waals surface area contributed by atoms with Crippen molar-refractivity contribution in [3.05, 3.63) is 61.8 Å². The van der Waals surface area contributed by atoms with Gasteiger partial charge in [-0.25, -0.2) is 4.79 Å². The maximum Gasteiger partial charge on any atom is 0.348 e. The van der Waals surface area contributed by atoms with Gasteiger partial charge in [-0.15, -0.1) is 11.3 Å². The summed E-state index contributed by atoms with van der Waals surface area (Å²) < 4.78 is 5.00. The Morgan fingerprint density at radius 3 is 2.41 bits per heavy atom. The van der Waals surface area contributed by atoms with Crippen LogP contribution in [-0.4, -0.2) is 18.4 Å². The molecule has 2 rings (SSSR count). The van der Waals surface area contributed by atoms with E-state index in [4.69, 9.17) is 4.74 Å². The van der Waals surface area contributed by atoms with Crippen LogP contribution in [0.5, 0.6) is 0 Å². The second-order valence-electron chi connectivity index (χ2n) is 5.87. The number of carbonyl (C=O) groups excluding carboxylic acids is 2. The highest BCUT2D eigenvalue weighted by Gasteiger charge is 2.23. The van der Waals surface area contributed by atoms with Gasteiger partial charge in [-0.1, -0.05) is 29.8 Å². The van der Waals surface area contributed by atoms with E-state index in [-0.39, 0.29) is 18.6 Å². The van der Waals surface area contributed by atoms with Crippen molar-refractivity contribution in [1.82, 2.24) is 0 Å². The summed E-state index contributed by atoms with van der Waals surface area (Å²) in [6.45, 7) is 5.53. The molecule has 1 heterocycles. The Hall–Kier alpha value is -3.22. The summed E-state index contributed by atoms with van der Waals surface area (Å²) >= 11 is 1.07. The van der Waals surface area contributed by atoms with Crippen molar-refractivity contribution in [2.24, 2.45) is 0 Å². The molecule has 0 spiro atoms. The topological polar surface area (TPSA) is 90.9 Å². The van der Waals surface area contributed by atoms with Gasteiger partial charge in [-0.2, -0.15) is 10.5 Å². The number of thiophene rings is 1. The molecule has 136 valence electrons. The number of carbonyl (C=O) groups is 2. The molecule has 0 unspecified atom stereocenters. The molecule has 0 radical (unpaired) electrons. The van der Waals surface area contributed by atoms with E-state index < -0.39 is 11.8 Å². The zero-order valence-corrected chi connectivity index (χ0v) is 16.1. The number of ether oxygens (including phenoxy) is 1. The number of Topliss-reactive ketones (excluding diaryl/α,β-unsaturated/α-hetero) is 1. The molecule has 27 heavy (non-hydrogen) atoms. The molecular formula is C21H18N2O3S. The first-order valence-electron chi connectivity index (χ1n) is 8.32. The smallest absolute Gasteiger partial charge is 0.348 e. The van der Waals surface area contributed by atoms with Crippen molar-refractivity contribution >= 4 is 29.2 Å². The fourth-order valence-corrected chi connectivity index (χ4v) is 3.63. The minimum Gasteiger partial charge on any atom is -0.462 e. The number of nitrogens with zero attached hydrogens (tertiary/aromatic N) is 2. The van der Waals surface area contributed by atoms with Crippen LogP contribution in [0.25, 0.3) is 6.08 Å². The number of ketones is 1. The molecule has 6 heteroatoms. The van der Waals surface area contributed by atoms with Crippen molar-refractivity contribution in [3.8, 4) is 12.1 Å². The maximum atomic E-state index is 12.6. The molecule has 0 aliphatic carbocycles. The van der Waals surface area contributed by atoms with E-state index in [0.717, 1.165) is 22.5 Å². The summed E-state index contributed by atoms with van der Waals surface area (Å²) in [6, 6.07) is 11.4. The zero-order valence-electron chi connectivity index (χ0n) is 15.3. The van der Waals surface area contributed by atoms with E-state index in [2.05, 4.69) is 0 Å². The molecule has 2 aromatic rings. The molecule has 5 nitrogen and oxygen atoms in total. The third-order valence-electron chi connectivity index (χ3n) is 3.92. The van der Waals surface area contributed by atoms with Gasteiger partial charge in [0.25, 0.3) is 0 Å². The van der Waals surface area contributed by atoms with E-state index >= 15 is 0 Å². The number of allylic oxidation sites excluding steroid dienone is 1. The summed E-state index contributed by atoms with van der Waals surface area (Å²) in [6.07, 6.45) is 1.42. The third-order valence-corrected chi connectivity index (χ3v) is 5.19. The normalized spacial score (nSPS) is 10.8. The van der Waals surface area contributed by atoms with Crippen molar-refractivity contribution in [1.29, 1.82) is 10.5 Å². The van der Waals surface area contributed by atoms with Gasteiger partial charge in [0.1, 0.15) is 17.0 Å². The summed E-state index contributed by atoms with van der Waals surface area (Å²) in [4.78, 5) is 25.4. The van der Waals surface area contributed by atoms with Crippen molar-refractivity contribution in [2.75, 3.05) is 6.61 Å². The van der Waals surface area contributed by atoms with E-state index in [1.54, 1.807) is 13.8 Å². The van der Waals surface area contributed by atoms with Crippen LogP contribution in [0.15, 0.2) is 29.8 Å². The van der Waals surface area contributed by atoms with Gasteiger partial charge in [-0.3, -0.25) is 4.79 Å². The lowest BCUT2D eigenvalue weighted by molar-refractivity contribution is -0.114. The van der Waals surface area contributed by atoms with Gasteiger partial charge in [0.15, 0.2) is 5.78 Å². The van der Waals surface area contributed by atoms with Gasteiger partial charge in [0, 0.05) is 11.3 Å². The molecule has 1 aromatic heterocycles. The Balaban J connectivity index is 2.32. The van der Waals surface area contributed by atoms with Crippen LogP contribution < -0.4 is 0 Å². The molecule has 0 saturated carbocycles. The van der Waals surface area contributed by atoms with E-state index in [1.165, 1.54) is 6.08 Å². The highest BCUT2D eigenvalue weighted by Crippen LogP contribution is 2.29.